The first-order valence-electron chi connectivity index (χ1n) is 4.34. The van der Waals surface area contributed by atoms with E-state index in [2.05, 4.69) is 20.6 Å². The summed E-state index contributed by atoms with van der Waals surface area (Å²) in [6.07, 6.45) is 0.608. The van der Waals surface area contributed by atoms with Crippen LogP contribution in [0, 0.1) is 0 Å². The Hall–Kier alpha value is -1.75. The van der Waals surface area contributed by atoms with Gasteiger partial charge in [0.15, 0.2) is 5.82 Å². The van der Waals surface area contributed by atoms with E-state index < -0.39 is 0 Å². The van der Waals surface area contributed by atoms with Gasteiger partial charge in [0, 0.05) is 12.2 Å². The molecule has 0 atom stereocenters. The molecular formula is C9H10N4O. The molecule has 1 aromatic heterocycles. The molecule has 5 heteroatoms. The highest BCUT2D eigenvalue weighted by molar-refractivity contribution is 5.59. The van der Waals surface area contributed by atoms with Crippen LogP contribution in [0.4, 0.5) is 0 Å². The van der Waals surface area contributed by atoms with Crippen LogP contribution in [0.15, 0.2) is 24.3 Å². The van der Waals surface area contributed by atoms with Crippen molar-refractivity contribution in [3.63, 3.8) is 0 Å². The summed E-state index contributed by atoms with van der Waals surface area (Å²) in [5.74, 6) is 0.633. The lowest BCUT2D eigenvalue weighted by Gasteiger charge is -2.03. The maximum absolute atomic E-state index is 8.88. The number of rotatable bonds is 3. The Balaban J connectivity index is 2.42. The van der Waals surface area contributed by atoms with E-state index >= 15 is 0 Å². The molecule has 0 aliphatic heterocycles. The summed E-state index contributed by atoms with van der Waals surface area (Å²) < 4.78 is 0. The lowest BCUT2D eigenvalue weighted by Crippen LogP contribution is -1.94. The minimum absolute atomic E-state index is 0.124. The summed E-state index contributed by atoms with van der Waals surface area (Å²) in [6, 6.07) is 7.72. The Kier molecular flexibility index (Phi) is 2.51. The molecule has 0 aliphatic carbocycles. The van der Waals surface area contributed by atoms with Crippen molar-refractivity contribution in [1.29, 1.82) is 0 Å². The maximum atomic E-state index is 8.88. The summed E-state index contributed by atoms with van der Waals surface area (Å²) in [5.41, 5.74) is 1.97. The molecule has 0 bridgehead atoms. The van der Waals surface area contributed by atoms with Crippen molar-refractivity contribution < 1.29 is 5.11 Å². The molecule has 2 rings (SSSR count). The number of hydrogen-bond acceptors (Lipinski definition) is 4. The van der Waals surface area contributed by atoms with Crippen LogP contribution < -0.4 is 0 Å². The molecule has 0 amide bonds. The average Bonchev–Trinajstić information content (AvgIpc) is 2.72. The van der Waals surface area contributed by atoms with Gasteiger partial charge in [-0.15, -0.1) is 5.10 Å². The van der Waals surface area contributed by atoms with Gasteiger partial charge in [0.1, 0.15) is 0 Å². The molecule has 1 heterocycles. The monoisotopic (exact) mass is 190 g/mol. The quantitative estimate of drug-likeness (QED) is 0.734. The molecule has 0 radical (unpaired) electrons. The second-order valence-corrected chi connectivity index (χ2v) is 2.88. The van der Waals surface area contributed by atoms with Crippen LogP contribution >= 0.6 is 0 Å². The number of tetrazole rings is 1. The Morgan fingerprint density at radius 1 is 1.29 bits per heavy atom. The first kappa shape index (κ1) is 8.83. The molecule has 0 aliphatic rings. The molecular weight excluding hydrogens is 180 g/mol. The number of aliphatic hydroxyl groups is 1. The summed E-state index contributed by atoms with van der Waals surface area (Å²) in [6.45, 7) is 0.124. The first-order valence-corrected chi connectivity index (χ1v) is 4.34. The van der Waals surface area contributed by atoms with E-state index in [4.69, 9.17) is 5.11 Å². The molecule has 0 saturated carbocycles. The summed E-state index contributed by atoms with van der Waals surface area (Å²) in [7, 11) is 0. The van der Waals surface area contributed by atoms with Crippen molar-refractivity contribution in [3.05, 3.63) is 29.8 Å². The molecule has 72 valence electrons. The number of nitrogens with zero attached hydrogens (tertiary/aromatic N) is 3. The fraction of sp³-hybridized carbons (Fsp3) is 0.222. The zero-order chi connectivity index (χ0) is 9.80. The smallest absolute Gasteiger partial charge is 0.179 e. The highest BCUT2D eigenvalue weighted by atomic mass is 16.2. The summed E-state index contributed by atoms with van der Waals surface area (Å²) in [5, 5.41) is 22.4. The molecule has 0 fully saturated rings. The van der Waals surface area contributed by atoms with Crippen LogP contribution in [0.3, 0.4) is 0 Å². The second kappa shape index (κ2) is 3.97. The van der Waals surface area contributed by atoms with Crippen molar-refractivity contribution in [3.8, 4) is 11.4 Å². The fourth-order valence-electron chi connectivity index (χ4n) is 1.36. The number of nitrogens with one attached hydrogen (secondary N) is 1. The molecule has 0 unspecified atom stereocenters. The van der Waals surface area contributed by atoms with Crippen molar-refractivity contribution in [2.75, 3.05) is 6.61 Å². The van der Waals surface area contributed by atoms with Crippen LogP contribution in [0.5, 0.6) is 0 Å². The van der Waals surface area contributed by atoms with Gasteiger partial charge in [0.05, 0.1) is 0 Å². The molecule has 0 spiro atoms. The third kappa shape index (κ3) is 1.62. The SMILES string of the molecule is OCCc1ccccc1-c1nnn[nH]1. The number of aromatic amines is 1. The Morgan fingerprint density at radius 2 is 2.14 bits per heavy atom. The molecule has 2 N–H and O–H groups in total. The van der Waals surface area contributed by atoms with Crippen LogP contribution in [-0.2, 0) is 6.42 Å². The van der Waals surface area contributed by atoms with E-state index in [1.165, 1.54) is 0 Å². The van der Waals surface area contributed by atoms with Gasteiger partial charge in [-0.25, -0.2) is 5.10 Å². The molecule has 0 saturated heterocycles. The van der Waals surface area contributed by atoms with Crippen molar-refractivity contribution in [2.24, 2.45) is 0 Å². The largest absolute Gasteiger partial charge is 0.396 e. The Bertz CT molecular complexity index is 399. The second-order valence-electron chi connectivity index (χ2n) is 2.88. The van der Waals surface area contributed by atoms with Crippen molar-refractivity contribution in [2.45, 2.75) is 6.42 Å². The Morgan fingerprint density at radius 3 is 2.86 bits per heavy atom. The fourth-order valence-corrected chi connectivity index (χ4v) is 1.36. The van der Waals surface area contributed by atoms with Gasteiger partial charge in [0.2, 0.25) is 0 Å². The van der Waals surface area contributed by atoms with Gasteiger partial charge in [-0.05, 0) is 22.4 Å². The lowest BCUT2D eigenvalue weighted by molar-refractivity contribution is 0.300. The van der Waals surface area contributed by atoms with Crippen LogP contribution in [0.1, 0.15) is 5.56 Å². The predicted octanol–water partition coefficient (Wildman–Crippen LogP) is 0.401. The van der Waals surface area contributed by atoms with Crippen molar-refractivity contribution >= 4 is 0 Å². The van der Waals surface area contributed by atoms with Gasteiger partial charge >= 0.3 is 0 Å². The number of H-pyrrole nitrogens is 1. The topological polar surface area (TPSA) is 74.7 Å². The summed E-state index contributed by atoms with van der Waals surface area (Å²) in [4.78, 5) is 0. The number of benzene rings is 1. The minimum Gasteiger partial charge on any atom is -0.396 e. The predicted molar refractivity (Wildman–Crippen MR) is 50.4 cm³/mol. The van der Waals surface area contributed by atoms with E-state index in [0.717, 1.165) is 11.1 Å². The highest BCUT2D eigenvalue weighted by Gasteiger charge is 2.06. The van der Waals surface area contributed by atoms with Crippen molar-refractivity contribution in [1.82, 2.24) is 20.6 Å². The zero-order valence-electron chi connectivity index (χ0n) is 7.51. The van der Waals surface area contributed by atoms with E-state index in [9.17, 15) is 0 Å². The van der Waals surface area contributed by atoms with E-state index in [-0.39, 0.29) is 6.61 Å². The van der Waals surface area contributed by atoms with Crippen LogP contribution in [-0.4, -0.2) is 32.3 Å². The van der Waals surface area contributed by atoms with Crippen LogP contribution in [0.25, 0.3) is 11.4 Å². The number of aromatic nitrogens is 4. The number of hydrogen-bond donors (Lipinski definition) is 2. The maximum Gasteiger partial charge on any atom is 0.179 e. The standard InChI is InChI=1S/C9H10N4O/c14-6-5-7-3-1-2-4-8(7)9-10-12-13-11-9/h1-4,14H,5-6H2,(H,10,11,12,13). The third-order valence-corrected chi connectivity index (χ3v) is 2.00. The molecule has 2 aromatic rings. The highest BCUT2D eigenvalue weighted by Crippen LogP contribution is 2.18. The molecule has 5 nitrogen and oxygen atoms in total. The Labute approximate surface area is 80.8 Å². The van der Waals surface area contributed by atoms with E-state index in [0.29, 0.717) is 12.2 Å². The third-order valence-electron chi connectivity index (χ3n) is 2.00. The molecule has 1 aromatic carbocycles. The zero-order valence-corrected chi connectivity index (χ0v) is 7.51. The lowest BCUT2D eigenvalue weighted by atomic mass is 10.0. The average molecular weight is 190 g/mol. The first-order chi connectivity index (χ1) is 6.92. The van der Waals surface area contributed by atoms with Gasteiger partial charge < -0.3 is 5.11 Å². The minimum atomic E-state index is 0.124. The van der Waals surface area contributed by atoms with Gasteiger partial charge in [-0.3, -0.25) is 0 Å². The normalized spacial score (nSPS) is 10.4. The van der Waals surface area contributed by atoms with E-state index in [1.807, 2.05) is 24.3 Å². The van der Waals surface area contributed by atoms with Gasteiger partial charge in [-0.1, -0.05) is 24.3 Å². The van der Waals surface area contributed by atoms with Gasteiger partial charge in [-0.2, -0.15) is 0 Å². The summed E-state index contributed by atoms with van der Waals surface area (Å²) >= 11 is 0. The van der Waals surface area contributed by atoms with Crippen LogP contribution in [0.2, 0.25) is 0 Å². The molecule has 14 heavy (non-hydrogen) atoms. The van der Waals surface area contributed by atoms with Gasteiger partial charge in [0.25, 0.3) is 0 Å². The number of aliphatic hydroxyl groups excluding tert-OH is 1. The van der Waals surface area contributed by atoms with E-state index in [1.54, 1.807) is 0 Å².